The molecule has 1 unspecified atom stereocenters. The number of carbonyl (C=O) groups is 2. The van der Waals surface area contributed by atoms with Crippen molar-refractivity contribution in [3.63, 3.8) is 0 Å². The van der Waals surface area contributed by atoms with Crippen molar-refractivity contribution in [2.24, 2.45) is 0 Å². The Kier molecular flexibility index (Phi) is 7.86. The van der Waals surface area contributed by atoms with Gasteiger partial charge in [0.1, 0.15) is 6.10 Å². The average Bonchev–Trinajstić information content (AvgIpc) is 3.26. The van der Waals surface area contributed by atoms with Crippen LogP contribution in [0.25, 0.3) is 0 Å². The summed E-state index contributed by atoms with van der Waals surface area (Å²) >= 11 is 0. The van der Waals surface area contributed by atoms with Gasteiger partial charge in [0.2, 0.25) is 0 Å². The maximum atomic E-state index is 12.8. The molecule has 31 heavy (non-hydrogen) atoms. The van der Waals surface area contributed by atoms with Crippen LogP contribution in [-0.2, 0) is 4.74 Å². The lowest BCUT2D eigenvalue weighted by molar-refractivity contribution is 0.102. The molecule has 8 nitrogen and oxygen atoms in total. The highest BCUT2D eigenvalue weighted by atomic mass is 16.6. The number of nitrogens with two attached hydrogens (primary N) is 1. The largest absolute Gasteiger partial charge is 0.444 e. The molecule has 0 spiro atoms. The van der Waals surface area contributed by atoms with E-state index in [2.05, 4.69) is 15.5 Å². The van der Waals surface area contributed by atoms with Crippen LogP contribution >= 0.6 is 0 Å². The van der Waals surface area contributed by atoms with Crippen LogP contribution in [0.5, 0.6) is 0 Å². The third-order valence-electron chi connectivity index (χ3n) is 5.14. The number of amides is 2. The zero-order valence-electron chi connectivity index (χ0n) is 18.1. The fraction of sp³-hybridized carbons (Fsp3) is 0.391. The van der Waals surface area contributed by atoms with Crippen molar-refractivity contribution in [1.29, 1.82) is 0 Å². The molecule has 0 aliphatic carbocycles. The second-order valence-electron chi connectivity index (χ2n) is 7.90. The van der Waals surface area contributed by atoms with Gasteiger partial charge in [-0.1, -0.05) is 12.1 Å². The predicted octanol–water partition coefficient (Wildman–Crippen LogP) is 2.78. The van der Waals surface area contributed by atoms with Crippen molar-refractivity contribution in [2.75, 3.05) is 56.2 Å². The molecule has 0 bridgehead atoms. The van der Waals surface area contributed by atoms with Gasteiger partial charge in [0.05, 0.1) is 11.4 Å². The number of hydrogen-bond acceptors (Lipinski definition) is 6. The lowest BCUT2D eigenvalue weighted by Crippen LogP contribution is -2.36. The molecular weight excluding hydrogens is 394 g/mol. The first kappa shape index (κ1) is 22.6. The minimum absolute atomic E-state index is 0.106. The fourth-order valence-electron chi connectivity index (χ4n) is 3.40. The predicted molar refractivity (Wildman–Crippen MR) is 124 cm³/mol. The van der Waals surface area contributed by atoms with Gasteiger partial charge in [-0.05, 0) is 76.4 Å². The zero-order valence-corrected chi connectivity index (χ0v) is 18.1. The number of nitrogens with one attached hydrogen (secondary N) is 2. The molecule has 1 aliphatic rings. The highest BCUT2D eigenvalue weighted by Crippen LogP contribution is 2.21. The molecule has 1 fully saturated rings. The summed E-state index contributed by atoms with van der Waals surface area (Å²) < 4.78 is 5.67. The maximum absolute atomic E-state index is 12.8. The Morgan fingerprint density at radius 1 is 1.13 bits per heavy atom. The molecule has 1 saturated heterocycles. The standard InChI is InChI=1S/C23H31N5O3/c1-27(2)14-5-15-28(23(30)31-19-12-13-25-16-19)18-10-8-17(9-11-18)22(29)26-21-7-4-3-6-20(21)24/h3-4,6-11,19,25H,5,12-16,24H2,1-2H3,(H,26,29). The van der Waals surface area contributed by atoms with Crippen LogP contribution in [0, 0.1) is 0 Å². The molecule has 8 heteroatoms. The van der Waals surface area contributed by atoms with Crippen molar-refractivity contribution >= 4 is 29.1 Å². The first-order valence-electron chi connectivity index (χ1n) is 10.5. The van der Waals surface area contributed by atoms with Gasteiger partial charge >= 0.3 is 6.09 Å². The summed E-state index contributed by atoms with van der Waals surface area (Å²) in [6.45, 7) is 2.92. The number of benzene rings is 2. The molecule has 2 aromatic rings. The van der Waals surface area contributed by atoms with Gasteiger partial charge in [-0.2, -0.15) is 0 Å². The van der Waals surface area contributed by atoms with E-state index in [1.54, 1.807) is 41.3 Å². The molecular formula is C23H31N5O3. The Labute approximate surface area is 183 Å². The number of anilines is 3. The van der Waals surface area contributed by atoms with Crippen molar-refractivity contribution in [2.45, 2.75) is 18.9 Å². The van der Waals surface area contributed by atoms with E-state index in [4.69, 9.17) is 10.5 Å². The van der Waals surface area contributed by atoms with Crippen molar-refractivity contribution in [3.05, 3.63) is 54.1 Å². The molecule has 0 saturated carbocycles. The summed E-state index contributed by atoms with van der Waals surface area (Å²) in [5, 5.41) is 6.01. The van der Waals surface area contributed by atoms with E-state index in [1.807, 2.05) is 26.2 Å². The number of ether oxygens (including phenoxy) is 1. The summed E-state index contributed by atoms with van der Waals surface area (Å²) in [5.41, 5.74) is 8.15. The molecule has 3 rings (SSSR count). The van der Waals surface area contributed by atoms with Gasteiger partial charge in [0, 0.05) is 24.3 Å². The number of nitrogen functional groups attached to an aromatic ring is 1. The molecule has 166 valence electrons. The number of carbonyl (C=O) groups excluding carboxylic acids is 2. The van der Waals surface area contributed by atoms with Gasteiger partial charge in [-0.25, -0.2) is 4.79 Å². The first-order valence-corrected chi connectivity index (χ1v) is 10.5. The molecule has 0 radical (unpaired) electrons. The highest BCUT2D eigenvalue weighted by Gasteiger charge is 2.24. The van der Waals surface area contributed by atoms with Crippen LogP contribution in [0.15, 0.2) is 48.5 Å². The number of nitrogens with zero attached hydrogens (tertiary/aromatic N) is 2. The molecule has 0 aromatic heterocycles. The molecule has 1 heterocycles. The van der Waals surface area contributed by atoms with E-state index in [9.17, 15) is 9.59 Å². The van der Waals surface area contributed by atoms with Crippen LogP contribution in [0.4, 0.5) is 21.9 Å². The fourth-order valence-corrected chi connectivity index (χ4v) is 3.40. The van der Waals surface area contributed by atoms with Crippen molar-refractivity contribution in [1.82, 2.24) is 10.2 Å². The zero-order chi connectivity index (χ0) is 22.2. The smallest absolute Gasteiger partial charge is 0.414 e. The van der Waals surface area contributed by atoms with Gasteiger partial charge in [0.25, 0.3) is 5.91 Å². The van der Waals surface area contributed by atoms with E-state index >= 15 is 0 Å². The van der Waals surface area contributed by atoms with E-state index in [0.29, 0.717) is 35.7 Å². The van der Waals surface area contributed by atoms with E-state index in [1.165, 1.54) is 0 Å². The first-order chi connectivity index (χ1) is 14.9. The average molecular weight is 426 g/mol. The van der Waals surface area contributed by atoms with E-state index < -0.39 is 0 Å². The van der Waals surface area contributed by atoms with Gasteiger partial charge < -0.3 is 26.0 Å². The maximum Gasteiger partial charge on any atom is 0.414 e. The summed E-state index contributed by atoms with van der Waals surface area (Å²) in [6, 6.07) is 14.1. The Hall–Kier alpha value is -3.10. The second kappa shape index (κ2) is 10.8. The molecule has 1 atom stereocenters. The summed E-state index contributed by atoms with van der Waals surface area (Å²) in [4.78, 5) is 29.1. The van der Waals surface area contributed by atoms with E-state index in [0.717, 1.165) is 25.9 Å². The number of hydrogen-bond donors (Lipinski definition) is 3. The Morgan fingerprint density at radius 3 is 2.52 bits per heavy atom. The third-order valence-corrected chi connectivity index (χ3v) is 5.14. The lowest BCUT2D eigenvalue weighted by Gasteiger charge is -2.25. The lowest BCUT2D eigenvalue weighted by atomic mass is 10.1. The summed E-state index contributed by atoms with van der Waals surface area (Å²) in [5.74, 6) is -0.261. The molecule has 1 aliphatic heterocycles. The van der Waals surface area contributed by atoms with E-state index in [-0.39, 0.29) is 18.1 Å². The third kappa shape index (κ3) is 6.44. The summed E-state index contributed by atoms with van der Waals surface area (Å²) in [7, 11) is 4.00. The summed E-state index contributed by atoms with van der Waals surface area (Å²) in [6.07, 6.45) is 1.16. The number of rotatable bonds is 8. The van der Waals surface area contributed by atoms with Gasteiger partial charge in [-0.15, -0.1) is 0 Å². The van der Waals surface area contributed by atoms with Gasteiger partial charge in [-0.3, -0.25) is 9.69 Å². The minimum atomic E-state index is -0.360. The Bertz CT molecular complexity index is 879. The normalized spacial score (nSPS) is 15.6. The SMILES string of the molecule is CN(C)CCCN(C(=O)OC1CCNC1)c1ccc(C(=O)Nc2ccccc2N)cc1. The van der Waals surface area contributed by atoms with Crippen LogP contribution < -0.4 is 21.3 Å². The topological polar surface area (TPSA) is 99.9 Å². The minimum Gasteiger partial charge on any atom is -0.444 e. The monoisotopic (exact) mass is 425 g/mol. The van der Waals surface area contributed by atoms with Crippen molar-refractivity contribution < 1.29 is 14.3 Å². The number of para-hydroxylation sites is 2. The second-order valence-corrected chi connectivity index (χ2v) is 7.90. The quantitative estimate of drug-likeness (QED) is 0.563. The van der Waals surface area contributed by atoms with Crippen LogP contribution in [0.2, 0.25) is 0 Å². The Morgan fingerprint density at radius 2 is 1.87 bits per heavy atom. The molecule has 2 aromatic carbocycles. The molecule has 4 N–H and O–H groups in total. The van der Waals surface area contributed by atoms with Gasteiger partial charge in [0.15, 0.2) is 0 Å². The van der Waals surface area contributed by atoms with Crippen LogP contribution in [-0.4, -0.2) is 63.3 Å². The van der Waals surface area contributed by atoms with Crippen LogP contribution in [0.3, 0.4) is 0 Å². The Balaban J connectivity index is 1.70. The highest BCUT2D eigenvalue weighted by molar-refractivity contribution is 6.06. The van der Waals surface area contributed by atoms with Crippen molar-refractivity contribution in [3.8, 4) is 0 Å². The molecule has 2 amide bonds. The van der Waals surface area contributed by atoms with Crippen LogP contribution in [0.1, 0.15) is 23.2 Å².